The topological polar surface area (TPSA) is 103 Å². The maximum Gasteiger partial charge on any atom is 0.247 e. The third-order valence-corrected chi connectivity index (χ3v) is 8.29. The van der Waals surface area contributed by atoms with Gasteiger partial charge >= 0.3 is 0 Å². The Labute approximate surface area is 250 Å². The lowest BCUT2D eigenvalue weighted by Crippen LogP contribution is -2.53. The molecule has 0 aliphatic carbocycles. The zero-order valence-electron chi connectivity index (χ0n) is 23.5. The molecule has 3 amide bonds. The average Bonchev–Trinajstić information content (AvgIpc) is 3.61. The number of carbonyl (C=O) groups is 3. The Morgan fingerprint density at radius 3 is 2.56 bits per heavy atom. The molecule has 0 radical (unpaired) electrons. The van der Waals surface area contributed by atoms with E-state index in [2.05, 4.69) is 32.4 Å². The number of hydrogen-bond acceptors (Lipinski definition) is 6. The van der Waals surface area contributed by atoms with Gasteiger partial charge in [-0.05, 0) is 62.5 Å². The summed E-state index contributed by atoms with van der Waals surface area (Å²) in [6, 6.07) is 14.1. The molecule has 2 heterocycles. The number of hydrogen-bond donors (Lipinski definition) is 3. The van der Waals surface area contributed by atoms with Crippen LogP contribution in [0.2, 0.25) is 5.02 Å². The first-order valence-electron chi connectivity index (χ1n) is 14.2. The molecule has 3 aromatic rings. The van der Waals surface area contributed by atoms with Gasteiger partial charge in [0, 0.05) is 36.5 Å². The van der Waals surface area contributed by atoms with Gasteiger partial charge in [0.15, 0.2) is 0 Å². The lowest BCUT2D eigenvalue weighted by molar-refractivity contribution is -0.129. The number of halogens is 1. The number of likely N-dealkylation sites (tertiary alicyclic amines) is 1. The van der Waals surface area contributed by atoms with Gasteiger partial charge in [-0.2, -0.15) is 0 Å². The van der Waals surface area contributed by atoms with Gasteiger partial charge < -0.3 is 16.0 Å². The van der Waals surface area contributed by atoms with Crippen LogP contribution in [-0.4, -0.2) is 65.9 Å². The van der Waals surface area contributed by atoms with E-state index >= 15 is 0 Å². The molecular formula is C31H38ClN5O3S. The third kappa shape index (κ3) is 9.38. The fourth-order valence-corrected chi connectivity index (χ4v) is 6.20. The summed E-state index contributed by atoms with van der Waals surface area (Å²) in [7, 11) is 0. The fourth-order valence-electron chi connectivity index (χ4n) is 4.91. The van der Waals surface area contributed by atoms with Crippen molar-refractivity contribution in [3.8, 4) is 0 Å². The standard InChI is InChI=1S/C31H38ClN5O3S/c1-3-9-28(38)35-26(18-29-36-25-13-12-23(32)17-27(25)41-29)31(40)34-24(16-22-10-5-4-6-11-22)19-33-30(39)21(2)20-37-14-7-8-15-37/h4-6,10-13,17,24,26H,2-3,7-9,14-16,18-20H2,1H3,(H,33,39)(H,34,40)(H,35,38)/t24-,26-/m0/s1. The van der Waals surface area contributed by atoms with Crippen LogP contribution in [0.3, 0.4) is 0 Å². The summed E-state index contributed by atoms with van der Waals surface area (Å²) in [5.74, 6) is -0.731. The van der Waals surface area contributed by atoms with Crippen molar-refractivity contribution in [3.05, 3.63) is 76.3 Å². The summed E-state index contributed by atoms with van der Waals surface area (Å²) in [5.41, 5.74) is 2.34. The van der Waals surface area contributed by atoms with E-state index in [1.54, 1.807) is 6.07 Å². The largest absolute Gasteiger partial charge is 0.350 e. The number of fused-ring (bicyclic) bond motifs is 1. The van der Waals surface area contributed by atoms with Crippen LogP contribution in [-0.2, 0) is 27.2 Å². The van der Waals surface area contributed by atoms with Crippen LogP contribution in [0, 0.1) is 0 Å². The summed E-state index contributed by atoms with van der Waals surface area (Å²) < 4.78 is 0.922. The normalized spacial score (nSPS) is 14.9. The molecule has 10 heteroatoms. The first kappa shape index (κ1) is 30.7. The molecule has 3 N–H and O–H groups in total. The predicted molar refractivity (Wildman–Crippen MR) is 165 cm³/mol. The van der Waals surface area contributed by atoms with Crippen LogP contribution in [0.1, 0.15) is 43.2 Å². The van der Waals surface area contributed by atoms with E-state index in [-0.39, 0.29) is 30.7 Å². The molecule has 1 fully saturated rings. The summed E-state index contributed by atoms with van der Waals surface area (Å²) in [6.45, 7) is 8.63. The highest BCUT2D eigenvalue weighted by atomic mass is 35.5. The Morgan fingerprint density at radius 1 is 1.07 bits per heavy atom. The molecule has 2 atom stereocenters. The van der Waals surface area contributed by atoms with Crippen molar-refractivity contribution in [1.29, 1.82) is 0 Å². The summed E-state index contributed by atoms with van der Waals surface area (Å²) in [6.07, 6.45) is 4.03. The van der Waals surface area contributed by atoms with E-state index in [4.69, 9.17) is 11.6 Å². The maximum atomic E-state index is 13.7. The van der Waals surface area contributed by atoms with Crippen LogP contribution >= 0.6 is 22.9 Å². The molecule has 2 aromatic carbocycles. The first-order chi connectivity index (χ1) is 19.8. The molecule has 1 saturated heterocycles. The summed E-state index contributed by atoms with van der Waals surface area (Å²) >= 11 is 7.60. The van der Waals surface area contributed by atoms with Crippen LogP contribution < -0.4 is 16.0 Å². The third-order valence-electron chi connectivity index (χ3n) is 7.02. The van der Waals surface area contributed by atoms with E-state index in [1.165, 1.54) is 11.3 Å². The zero-order chi connectivity index (χ0) is 29.2. The van der Waals surface area contributed by atoms with Gasteiger partial charge in [0.05, 0.1) is 21.3 Å². The van der Waals surface area contributed by atoms with E-state index in [9.17, 15) is 14.4 Å². The fraction of sp³-hybridized carbons (Fsp3) is 0.419. The first-order valence-corrected chi connectivity index (χ1v) is 15.4. The molecule has 41 heavy (non-hydrogen) atoms. The van der Waals surface area contributed by atoms with Crippen molar-refractivity contribution in [3.63, 3.8) is 0 Å². The highest BCUT2D eigenvalue weighted by Gasteiger charge is 2.26. The molecule has 0 spiro atoms. The van der Waals surface area contributed by atoms with E-state index < -0.39 is 12.1 Å². The number of carbonyl (C=O) groups excluding carboxylic acids is 3. The van der Waals surface area contributed by atoms with Crippen LogP contribution in [0.25, 0.3) is 10.2 Å². The smallest absolute Gasteiger partial charge is 0.247 e. The minimum atomic E-state index is -0.816. The number of rotatable bonds is 14. The summed E-state index contributed by atoms with van der Waals surface area (Å²) in [4.78, 5) is 46.0. The number of benzene rings is 2. The lowest BCUT2D eigenvalue weighted by Gasteiger charge is -2.24. The molecule has 218 valence electrons. The van der Waals surface area contributed by atoms with Gasteiger partial charge in [0.2, 0.25) is 17.7 Å². The minimum absolute atomic E-state index is 0.192. The molecule has 1 aliphatic heterocycles. The van der Waals surface area contributed by atoms with Crippen LogP contribution in [0.4, 0.5) is 0 Å². The quantitative estimate of drug-likeness (QED) is 0.242. The molecule has 8 nitrogen and oxygen atoms in total. The number of aromatic nitrogens is 1. The summed E-state index contributed by atoms with van der Waals surface area (Å²) in [5, 5.41) is 10.3. The SMILES string of the molecule is C=C(CN1CCCC1)C(=O)NC[C@H](Cc1ccccc1)NC(=O)[C@H](Cc1nc2ccc(Cl)cc2s1)NC(=O)CCC. The van der Waals surface area contributed by atoms with E-state index in [0.29, 0.717) is 36.4 Å². The van der Waals surface area contributed by atoms with E-state index in [1.807, 2.05) is 49.4 Å². The van der Waals surface area contributed by atoms with Crippen molar-refractivity contribution < 1.29 is 14.4 Å². The molecule has 4 rings (SSSR count). The van der Waals surface area contributed by atoms with Crippen molar-refractivity contribution in [2.75, 3.05) is 26.2 Å². The van der Waals surface area contributed by atoms with Crippen molar-refractivity contribution in [2.45, 2.75) is 57.5 Å². The second kappa shape index (κ2) is 15.1. The number of nitrogens with zero attached hydrogens (tertiary/aromatic N) is 2. The second-order valence-electron chi connectivity index (χ2n) is 10.5. The van der Waals surface area contributed by atoms with Gasteiger partial charge in [-0.15, -0.1) is 11.3 Å². The van der Waals surface area contributed by atoms with Crippen molar-refractivity contribution in [2.24, 2.45) is 0 Å². The van der Waals surface area contributed by atoms with Crippen molar-refractivity contribution in [1.82, 2.24) is 25.8 Å². The highest BCUT2D eigenvalue weighted by Crippen LogP contribution is 2.26. The van der Waals surface area contributed by atoms with Crippen molar-refractivity contribution >= 4 is 50.9 Å². The Kier molecular flexibility index (Phi) is 11.3. The molecule has 1 aliphatic rings. The van der Waals surface area contributed by atoms with Gasteiger partial charge in [0.1, 0.15) is 6.04 Å². The van der Waals surface area contributed by atoms with Gasteiger partial charge in [-0.3, -0.25) is 19.3 Å². The van der Waals surface area contributed by atoms with Gasteiger partial charge in [-0.25, -0.2) is 4.98 Å². The lowest BCUT2D eigenvalue weighted by atomic mass is 10.0. The van der Waals surface area contributed by atoms with Crippen LogP contribution in [0.5, 0.6) is 0 Å². The van der Waals surface area contributed by atoms with Gasteiger partial charge in [-0.1, -0.05) is 55.4 Å². The van der Waals surface area contributed by atoms with Gasteiger partial charge in [0.25, 0.3) is 0 Å². The average molecular weight is 596 g/mol. The molecular weight excluding hydrogens is 558 g/mol. The zero-order valence-corrected chi connectivity index (χ0v) is 25.0. The Morgan fingerprint density at radius 2 is 1.83 bits per heavy atom. The number of amides is 3. The highest BCUT2D eigenvalue weighted by molar-refractivity contribution is 7.18. The predicted octanol–water partition coefficient (Wildman–Crippen LogP) is 4.27. The molecule has 0 saturated carbocycles. The van der Waals surface area contributed by atoms with E-state index in [0.717, 1.165) is 46.7 Å². The van der Waals surface area contributed by atoms with Crippen LogP contribution in [0.15, 0.2) is 60.7 Å². The Hall–Kier alpha value is -3.27. The Bertz CT molecular complexity index is 1360. The number of thiazole rings is 1. The minimum Gasteiger partial charge on any atom is -0.350 e. The molecule has 1 aromatic heterocycles. The monoisotopic (exact) mass is 595 g/mol. The number of nitrogens with one attached hydrogen (secondary N) is 3. The maximum absolute atomic E-state index is 13.7. The molecule has 0 unspecified atom stereocenters. The Balaban J connectivity index is 1.46. The second-order valence-corrected chi connectivity index (χ2v) is 12.0. The molecule has 0 bridgehead atoms.